The van der Waals surface area contributed by atoms with Gasteiger partial charge in [-0.25, -0.2) is 0 Å². The molecule has 0 aromatic carbocycles. The number of aryl methyl sites for hydroxylation is 1. The Morgan fingerprint density at radius 3 is 3.00 bits per heavy atom. The van der Waals surface area contributed by atoms with Crippen molar-refractivity contribution in [3.63, 3.8) is 0 Å². The molecule has 0 unspecified atom stereocenters. The number of rotatable bonds is 4. The molecule has 2 N–H and O–H groups in total. The van der Waals surface area contributed by atoms with Crippen LogP contribution in [-0.4, -0.2) is 61.9 Å². The molecule has 1 saturated heterocycles. The third-order valence-corrected chi connectivity index (χ3v) is 4.39. The molecule has 0 radical (unpaired) electrons. The summed E-state index contributed by atoms with van der Waals surface area (Å²) in [7, 11) is 0. The van der Waals surface area contributed by atoms with Crippen molar-refractivity contribution in [2.45, 2.75) is 6.92 Å². The number of amides is 1. The molecule has 1 amide bonds. The first-order valence-corrected chi connectivity index (χ1v) is 7.81. The quantitative estimate of drug-likeness (QED) is 0.794. The highest BCUT2D eigenvalue weighted by Gasteiger charge is 2.13. The molecule has 114 valence electrons. The fourth-order valence-corrected chi connectivity index (χ4v) is 3.04. The largest absolute Gasteiger partial charge is 0.384 e. The van der Waals surface area contributed by atoms with E-state index in [1.807, 2.05) is 13.0 Å². The number of aliphatic hydroxyl groups is 1. The molecule has 1 aromatic rings. The van der Waals surface area contributed by atoms with E-state index >= 15 is 0 Å². The lowest BCUT2D eigenvalue weighted by Gasteiger charge is -2.26. The van der Waals surface area contributed by atoms with Gasteiger partial charge >= 0.3 is 0 Å². The molecule has 0 bridgehead atoms. The van der Waals surface area contributed by atoms with Gasteiger partial charge in [0.05, 0.1) is 23.0 Å². The smallest absolute Gasteiger partial charge is 0.261 e. The zero-order valence-electron chi connectivity index (χ0n) is 12.1. The van der Waals surface area contributed by atoms with E-state index in [9.17, 15) is 4.79 Å². The zero-order chi connectivity index (χ0) is 15.1. The Bertz CT molecular complexity index is 539. The van der Waals surface area contributed by atoms with Crippen LogP contribution in [-0.2, 0) is 4.74 Å². The molecule has 21 heavy (non-hydrogen) atoms. The highest BCUT2D eigenvalue weighted by atomic mass is 32.1. The Hall–Kier alpha value is -1.39. The van der Waals surface area contributed by atoms with Crippen LogP contribution in [0.4, 0.5) is 0 Å². The van der Waals surface area contributed by atoms with Gasteiger partial charge in [-0.15, -0.1) is 11.3 Å². The second-order valence-electron chi connectivity index (χ2n) is 4.79. The molecule has 5 nitrogen and oxygen atoms in total. The average molecular weight is 308 g/mol. The Morgan fingerprint density at radius 2 is 2.29 bits per heavy atom. The fraction of sp³-hybridized carbons (Fsp3) is 0.533. The molecule has 1 aliphatic heterocycles. The van der Waals surface area contributed by atoms with E-state index in [1.54, 1.807) is 0 Å². The number of carbonyl (C=O) groups excluding carboxylic acids is 1. The lowest BCUT2D eigenvalue weighted by atomic mass is 10.2. The highest BCUT2D eigenvalue weighted by molar-refractivity contribution is 7.14. The second kappa shape index (κ2) is 8.15. The zero-order valence-corrected chi connectivity index (χ0v) is 13.0. The van der Waals surface area contributed by atoms with Gasteiger partial charge in [0.25, 0.3) is 5.91 Å². The Labute approximate surface area is 128 Å². The minimum atomic E-state index is -0.168. The molecule has 1 fully saturated rings. The van der Waals surface area contributed by atoms with Gasteiger partial charge in [-0.1, -0.05) is 11.8 Å². The maximum atomic E-state index is 12.1. The van der Waals surface area contributed by atoms with Crippen molar-refractivity contribution in [3.05, 3.63) is 21.4 Å². The third kappa shape index (κ3) is 4.83. The standard InChI is InChI=1S/C15H20N2O3S/c1-12-11-14(21-13(12)3-2-8-18)15(19)16-4-5-17-6-9-20-10-7-17/h11,18H,4-10H2,1H3,(H,16,19). The van der Waals surface area contributed by atoms with E-state index in [2.05, 4.69) is 22.1 Å². The maximum absolute atomic E-state index is 12.1. The normalized spacial score (nSPS) is 15.3. The summed E-state index contributed by atoms with van der Waals surface area (Å²) in [5, 5.41) is 11.6. The first-order valence-electron chi connectivity index (χ1n) is 6.99. The average Bonchev–Trinajstić information content (AvgIpc) is 2.87. The second-order valence-corrected chi connectivity index (χ2v) is 5.84. The van der Waals surface area contributed by atoms with Crippen LogP contribution in [0.2, 0.25) is 0 Å². The summed E-state index contributed by atoms with van der Waals surface area (Å²) in [5.74, 6) is 5.41. The van der Waals surface area contributed by atoms with Crippen LogP contribution in [0.5, 0.6) is 0 Å². The molecule has 0 atom stereocenters. The molecular weight excluding hydrogens is 288 g/mol. The predicted octanol–water partition coefficient (Wildman–Crippen LogP) is 0.462. The molecule has 2 heterocycles. The van der Waals surface area contributed by atoms with Gasteiger partial charge in [0.1, 0.15) is 6.61 Å². The van der Waals surface area contributed by atoms with E-state index in [4.69, 9.17) is 9.84 Å². The SMILES string of the molecule is Cc1cc(C(=O)NCCN2CCOCC2)sc1C#CCO. The lowest BCUT2D eigenvalue weighted by Crippen LogP contribution is -2.41. The van der Waals surface area contributed by atoms with Crippen LogP contribution in [0.15, 0.2) is 6.07 Å². The number of morpholine rings is 1. The van der Waals surface area contributed by atoms with E-state index < -0.39 is 0 Å². The Kier molecular flexibility index (Phi) is 6.21. The number of aliphatic hydroxyl groups excluding tert-OH is 1. The number of carbonyl (C=O) groups is 1. The first-order chi connectivity index (χ1) is 10.2. The summed E-state index contributed by atoms with van der Waals surface area (Å²) < 4.78 is 5.29. The van der Waals surface area contributed by atoms with Gasteiger partial charge < -0.3 is 15.2 Å². The van der Waals surface area contributed by atoms with Crippen molar-refractivity contribution >= 4 is 17.2 Å². The summed E-state index contributed by atoms with van der Waals surface area (Å²) in [6, 6.07) is 1.84. The maximum Gasteiger partial charge on any atom is 0.261 e. The summed E-state index contributed by atoms with van der Waals surface area (Å²) in [4.78, 5) is 15.9. The number of hydrogen-bond donors (Lipinski definition) is 2. The van der Waals surface area contributed by atoms with Gasteiger partial charge in [0, 0.05) is 26.2 Å². The van der Waals surface area contributed by atoms with Crippen molar-refractivity contribution in [1.82, 2.24) is 10.2 Å². The summed E-state index contributed by atoms with van der Waals surface area (Å²) in [6.07, 6.45) is 0. The van der Waals surface area contributed by atoms with Crippen LogP contribution in [0, 0.1) is 18.8 Å². The van der Waals surface area contributed by atoms with Gasteiger partial charge in [-0.05, 0) is 18.6 Å². The highest BCUT2D eigenvalue weighted by Crippen LogP contribution is 2.20. The van der Waals surface area contributed by atoms with E-state index in [0.29, 0.717) is 11.4 Å². The summed E-state index contributed by atoms with van der Waals surface area (Å²) in [5.41, 5.74) is 0.972. The van der Waals surface area contributed by atoms with Crippen LogP contribution < -0.4 is 5.32 Å². The molecule has 6 heteroatoms. The first kappa shape index (κ1) is 16.0. The van der Waals surface area contributed by atoms with Crippen LogP contribution in [0.1, 0.15) is 20.1 Å². The fourth-order valence-electron chi connectivity index (χ4n) is 2.08. The number of nitrogens with zero attached hydrogens (tertiary/aromatic N) is 1. The number of nitrogens with one attached hydrogen (secondary N) is 1. The minimum absolute atomic E-state index is 0.0617. The van der Waals surface area contributed by atoms with Crippen LogP contribution in [0.3, 0.4) is 0 Å². The van der Waals surface area contributed by atoms with Gasteiger partial charge in [-0.2, -0.15) is 0 Å². The van der Waals surface area contributed by atoms with E-state index in [1.165, 1.54) is 11.3 Å². The van der Waals surface area contributed by atoms with Crippen LogP contribution >= 0.6 is 11.3 Å². The lowest BCUT2D eigenvalue weighted by molar-refractivity contribution is 0.0383. The predicted molar refractivity (Wildman–Crippen MR) is 82.6 cm³/mol. The van der Waals surface area contributed by atoms with Crippen molar-refractivity contribution in [3.8, 4) is 11.8 Å². The van der Waals surface area contributed by atoms with Crippen molar-refractivity contribution in [2.24, 2.45) is 0 Å². The third-order valence-electron chi connectivity index (χ3n) is 3.24. The van der Waals surface area contributed by atoms with Gasteiger partial charge in [0.15, 0.2) is 0 Å². The van der Waals surface area contributed by atoms with Crippen molar-refractivity contribution in [2.75, 3.05) is 46.0 Å². The monoisotopic (exact) mass is 308 g/mol. The number of hydrogen-bond acceptors (Lipinski definition) is 5. The van der Waals surface area contributed by atoms with Crippen molar-refractivity contribution in [1.29, 1.82) is 0 Å². The molecule has 0 aliphatic carbocycles. The topological polar surface area (TPSA) is 61.8 Å². The van der Waals surface area contributed by atoms with Gasteiger partial charge in [0.2, 0.25) is 0 Å². The van der Waals surface area contributed by atoms with E-state index in [0.717, 1.165) is 43.3 Å². The van der Waals surface area contributed by atoms with Crippen molar-refractivity contribution < 1.29 is 14.6 Å². The minimum Gasteiger partial charge on any atom is -0.384 e. The Balaban J connectivity index is 1.82. The Morgan fingerprint density at radius 1 is 1.52 bits per heavy atom. The molecule has 1 aliphatic rings. The molecule has 2 rings (SSSR count). The summed E-state index contributed by atoms with van der Waals surface area (Å²) in [6.45, 7) is 6.62. The summed E-state index contributed by atoms with van der Waals surface area (Å²) >= 11 is 1.36. The van der Waals surface area contributed by atoms with Gasteiger partial charge in [-0.3, -0.25) is 9.69 Å². The molecule has 1 aromatic heterocycles. The van der Waals surface area contributed by atoms with E-state index in [-0.39, 0.29) is 12.5 Å². The number of ether oxygens (including phenoxy) is 1. The molecule has 0 saturated carbocycles. The number of thiophene rings is 1. The molecule has 0 spiro atoms. The van der Waals surface area contributed by atoms with Crippen LogP contribution in [0.25, 0.3) is 0 Å². The molecular formula is C15H20N2O3S.